The number of likely N-dealkylation sites (N-methyl/N-ethyl adjacent to an activating group) is 1. The van der Waals surface area contributed by atoms with Gasteiger partial charge in [-0.25, -0.2) is 4.98 Å². The molecule has 1 N–H and O–H groups in total. The molecule has 0 atom stereocenters. The van der Waals surface area contributed by atoms with E-state index in [0.29, 0.717) is 19.5 Å². The molecule has 2 rings (SSSR count). The standard InChI is InChI=1S/C14H23N3O2S/c1-10(2)14(19)8-17(9-14)6-11-7-20-12(15-11)5-13(18)16(3)4/h7,10,19H,5-6,8-9H2,1-4H3. The van der Waals surface area contributed by atoms with Gasteiger partial charge < -0.3 is 10.0 Å². The number of amides is 1. The summed E-state index contributed by atoms with van der Waals surface area (Å²) in [4.78, 5) is 19.9. The van der Waals surface area contributed by atoms with Crippen molar-refractivity contribution in [1.29, 1.82) is 0 Å². The molecular weight excluding hydrogens is 274 g/mol. The summed E-state index contributed by atoms with van der Waals surface area (Å²) < 4.78 is 0. The first-order chi connectivity index (χ1) is 9.30. The predicted molar refractivity (Wildman–Crippen MR) is 79.6 cm³/mol. The summed E-state index contributed by atoms with van der Waals surface area (Å²) in [5, 5.41) is 13.1. The summed E-state index contributed by atoms with van der Waals surface area (Å²) in [6.07, 6.45) is 0.369. The van der Waals surface area contributed by atoms with Crippen molar-refractivity contribution in [2.75, 3.05) is 27.2 Å². The van der Waals surface area contributed by atoms with Crippen molar-refractivity contribution in [3.63, 3.8) is 0 Å². The smallest absolute Gasteiger partial charge is 0.228 e. The Kier molecular flexibility index (Phi) is 4.46. The Balaban J connectivity index is 1.84. The fraction of sp³-hybridized carbons (Fsp3) is 0.714. The highest BCUT2D eigenvalue weighted by Crippen LogP contribution is 2.29. The third-order valence-corrected chi connectivity index (χ3v) is 4.75. The first-order valence-corrected chi connectivity index (χ1v) is 7.76. The second kappa shape index (κ2) is 5.79. The topological polar surface area (TPSA) is 56.7 Å². The van der Waals surface area contributed by atoms with Gasteiger partial charge in [0.1, 0.15) is 5.01 Å². The van der Waals surface area contributed by atoms with Crippen LogP contribution in [0.15, 0.2) is 5.38 Å². The molecule has 6 heteroatoms. The molecule has 0 aromatic carbocycles. The van der Waals surface area contributed by atoms with Gasteiger partial charge in [0, 0.05) is 39.1 Å². The van der Waals surface area contributed by atoms with E-state index in [1.165, 1.54) is 11.3 Å². The van der Waals surface area contributed by atoms with Gasteiger partial charge in [0.25, 0.3) is 0 Å². The van der Waals surface area contributed by atoms with E-state index in [0.717, 1.165) is 17.2 Å². The van der Waals surface area contributed by atoms with Crippen LogP contribution in [-0.4, -0.2) is 58.6 Å². The first-order valence-electron chi connectivity index (χ1n) is 6.88. The molecule has 1 aromatic heterocycles. The molecule has 1 aliphatic heterocycles. The molecule has 1 aromatic rings. The van der Waals surface area contributed by atoms with Gasteiger partial charge in [0.2, 0.25) is 5.91 Å². The fourth-order valence-corrected chi connectivity index (χ4v) is 3.00. The highest BCUT2D eigenvalue weighted by Gasteiger charge is 2.43. The fourth-order valence-electron chi connectivity index (χ4n) is 2.22. The molecule has 0 bridgehead atoms. The Labute approximate surface area is 124 Å². The third-order valence-electron chi connectivity index (χ3n) is 3.86. The SMILES string of the molecule is CC(C)C1(O)CN(Cc2csc(CC(=O)N(C)C)n2)C1. The predicted octanol–water partition coefficient (Wildman–Crippen LogP) is 0.976. The zero-order chi connectivity index (χ0) is 14.9. The maximum Gasteiger partial charge on any atom is 0.228 e. The molecule has 0 spiro atoms. The molecule has 1 amide bonds. The average molecular weight is 297 g/mol. The lowest BCUT2D eigenvalue weighted by Crippen LogP contribution is -2.63. The number of thiazole rings is 1. The lowest BCUT2D eigenvalue weighted by Gasteiger charge is -2.49. The molecule has 0 unspecified atom stereocenters. The van der Waals surface area contributed by atoms with Crippen LogP contribution in [0, 0.1) is 5.92 Å². The normalized spacial score (nSPS) is 18.1. The van der Waals surface area contributed by atoms with Gasteiger partial charge in [-0.2, -0.15) is 0 Å². The second-order valence-corrected chi connectivity index (χ2v) is 7.04. The molecule has 1 saturated heterocycles. The maximum absolute atomic E-state index is 11.6. The van der Waals surface area contributed by atoms with Crippen LogP contribution in [0.5, 0.6) is 0 Å². The maximum atomic E-state index is 11.6. The quantitative estimate of drug-likeness (QED) is 0.880. The van der Waals surface area contributed by atoms with Gasteiger partial charge in [0.15, 0.2) is 0 Å². The Hall–Kier alpha value is -0.980. The summed E-state index contributed by atoms with van der Waals surface area (Å²) in [5.74, 6) is 0.353. The zero-order valence-corrected chi connectivity index (χ0v) is 13.4. The summed E-state index contributed by atoms with van der Waals surface area (Å²) >= 11 is 1.53. The van der Waals surface area contributed by atoms with E-state index >= 15 is 0 Å². The molecule has 5 nitrogen and oxygen atoms in total. The number of carbonyl (C=O) groups excluding carboxylic acids is 1. The van der Waals surface area contributed by atoms with Crippen LogP contribution >= 0.6 is 11.3 Å². The Morgan fingerprint density at radius 1 is 1.55 bits per heavy atom. The Morgan fingerprint density at radius 3 is 2.75 bits per heavy atom. The molecule has 0 aliphatic carbocycles. The van der Waals surface area contributed by atoms with Crippen molar-refractivity contribution < 1.29 is 9.90 Å². The van der Waals surface area contributed by atoms with Gasteiger partial charge >= 0.3 is 0 Å². The summed E-state index contributed by atoms with van der Waals surface area (Å²) in [6.45, 7) is 6.25. The van der Waals surface area contributed by atoms with Crippen LogP contribution < -0.4 is 0 Å². The van der Waals surface area contributed by atoms with Gasteiger partial charge in [0.05, 0.1) is 17.7 Å². The number of aromatic nitrogens is 1. The van der Waals surface area contributed by atoms with E-state index in [1.54, 1.807) is 19.0 Å². The van der Waals surface area contributed by atoms with Gasteiger partial charge in [-0.1, -0.05) is 13.8 Å². The van der Waals surface area contributed by atoms with Crippen molar-refractivity contribution in [2.45, 2.75) is 32.4 Å². The lowest BCUT2D eigenvalue weighted by atomic mass is 9.83. The molecule has 20 heavy (non-hydrogen) atoms. The summed E-state index contributed by atoms with van der Waals surface area (Å²) in [7, 11) is 3.51. The summed E-state index contributed by atoms with van der Waals surface area (Å²) in [5.41, 5.74) is 0.446. The zero-order valence-electron chi connectivity index (χ0n) is 12.6. The number of likely N-dealkylation sites (tertiary alicyclic amines) is 1. The number of β-amino-alcohol motifs (C(OH)–C–C–N with tert-alkyl or cyclic N) is 1. The molecule has 0 saturated carbocycles. The lowest BCUT2D eigenvalue weighted by molar-refractivity contribution is -0.131. The number of carbonyl (C=O) groups is 1. The van der Waals surface area contributed by atoms with Crippen molar-refractivity contribution in [3.05, 3.63) is 16.1 Å². The van der Waals surface area contributed by atoms with E-state index in [4.69, 9.17) is 0 Å². The monoisotopic (exact) mass is 297 g/mol. The Morgan fingerprint density at radius 2 is 2.20 bits per heavy atom. The third kappa shape index (κ3) is 3.37. The molecular formula is C14H23N3O2S. The molecule has 1 aliphatic rings. The van der Waals surface area contributed by atoms with Gasteiger partial charge in [-0.05, 0) is 5.92 Å². The average Bonchev–Trinajstić information content (AvgIpc) is 2.73. The van der Waals surface area contributed by atoms with Crippen LogP contribution in [-0.2, 0) is 17.8 Å². The van der Waals surface area contributed by atoms with Crippen molar-refractivity contribution in [1.82, 2.24) is 14.8 Å². The minimum Gasteiger partial charge on any atom is -0.387 e. The second-order valence-electron chi connectivity index (χ2n) is 6.10. The van der Waals surface area contributed by atoms with Crippen LogP contribution in [0.25, 0.3) is 0 Å². The number of aliphatic hydroxyl groups is 1. The highest BCUT2D eigenvalue weighted by molar-refractivity contribution is 7.09. The van der Waals surface area contributed by atoms with Gasteiger partial charge in [-0.15, -0.1) is 11.3 Å². The van der Waals surface area contributed by atoms with E-state index in [2.05, 4.69) is 9.88 Å². The van der Waals surface area contributed by atoms with Crippen LogP contribution in [0.2, 0.25) is 0 Å². The Bertz CT molecular complexity index is 479. The van der Waals surface area contributed by atoms with Crippen molar-refractivity contribution >= 4 is 17.2 Å². The van der Waals surface area contributed by atoms with E-state index < -0.39 is 5.60 Å². The van der Waals surface area contributed by atoms with Crippen LogP contribution in [0.3, 0.4) is 0 Å². The molecule has 1 fully saturated rings. The highest BCUT2D eigenvalue weighted by atomic mass is 32.1. The van der Waals surface area contributed by atoms with Crippen molar-refractivity contribution in [2.24, 2.45) is 5.92 Å². The van der Waals surface area contributed by atoms with E-state index in [9.17, 15) is 9.90 Å². The van der Waals surface area contributed by atoms with Gasteiger partial charge in [-0.3, -0.25) is 9.69 Å². The van der Waals surface area contributed by atoms with Crippen LogP contribution in [0.4, 0.5) is 0 Å². The van der Waals surface area contributed by atoms with E-state index in [1.807, 2.05) is 19.2 Å². The number of rotatable bonds is 5. The molecule has 0 radical (unpaired) electrons. The first kappa shape index (κ1) is 15.4. The number of hydrogen-bond donors (Lipinski definition) is 1. The molecule has 112 valence electrons. The largest absolute Gasteiger partial charge is 0.387 e. The minimum absolute atomic E-state index is 0.0732. The minimum atomic E-state index is -0.542. The van der Waals surface area contributed by atoms with Crippen LogP contribution in [0.1, 0.15) is 24.5 Å². The van der Waals surface area contributed by atoms with E-state index in [-0.39, 0.29) is 11.8 Å². The van der Waals surface area contributed by atoms with Crippen molar-refractivity contribution in [3.8, 4) is 0 Å². The molecule has 2 heterocycles. The number of hydrogen-bond acceptors (Lipinski definition) is 5. The summed E-state index contributed by atoms with van der Waals surface area (Å²) in [6, 6.07) is 0. The number of nitrogens with zero attached hydrogens (tertiary/aromatic N) is 3.